The Bertz CT molecular complexity index is 794. The standard InChI is InChI=1S/C18H22F2N4OS/c1-4-18(5-2)7-6-12(18)22-16(25)15-10(3)26-17(24-15)21-11-8-13(19)23-14(20)9-11/h8-9,12H,4-7H2,1-3H3,(H,22,25)(H,21,23,24). The van der Waals surface area contributed by atoms with Gasteiger partial charge >= 0.3 is 0 Å². The molecular weight excluding hydrogens is 358 g/mol. The van der Waals surface area contributed by atoms with Crippen molar-refractivity contribution in [1.29, 1.82) is 0 Å². The van der Waals surface area contributed by atoms with Gasteiger partial charge in [0, 0.05) is 28.7 Å². The number of hydrogen-bond acceptors (Lipinski definition) is 5. The lowest BCUT2D eigenvalue weighted by atomic mass is 9.61. The van der Waals surface area contributed by atoms with Gasteiger partial charge in [0.2, 0.25) is 11.9 Å². The lowest BCUT2D eigenvalue weighted by molar-refractivity contribution is 0.0473. The molecule has 1 amide bonds. The third kappa shape index (κ3) is 3.56. The number of thiazole rings is 1. The maximum Gasteiger partial charge on any atom is 0.271 e. The van der Waals surface area contributed by atoms with Gasteiger partial charge in [0.15, 0.2) is 5.13 Å². The number of pyridine rings is 1. The number of amides is 1. The molecule has 26 heavy (non-hydrogen) atoms. The molecule has 140 valence electrons. The van der Waals surface area contributed by atoms with E-state index in [-0.39, 0.29) is 23.1 Å². The number of rotatable bonds is 6. The first kappa shape index (κ1) is 18.7. The number of halogens is 2. The molecule has 8 heteroatoms. The molecule has 2 heterocycles. The van der Waals surface area contributed by atoms with Crippen molar-refractivity contribution in [2.75, 3.05) is 5.32 Å². The van der Waals surface area contributed by atoms with Crippen molar-refractivity contribution in [2.24, 2.45) is 5.41 Å². The van der Waals surface area contributed by atoms with E-state index in [4.69, 9.17) is 0 Å². The van der Waals surface area contributed by atoms with E-state index in [2.05, 4.69) is 34.4 Å². The van der Waals surface area contributed by atoms with Crippen molar-refractivity contribution in [3.05, 3.63) is 34.6 Å². The lowest BCUT2D eigenvalue weighted by Gasteiger charge is -2.49. The molecule has 0 spiro atoms. The van der Waals surface area contributed by atoms with Crippen LogP contribution in [0.25, 0.3) is 0 Å². The molecule has 5 nitrogen and oxygen atoms in total. The van der Waals surface area contributed by atoms with Crippen LogP contribution in [0.3, 0.4) is 0 Å². The van der Waals surface area contributed by atoms with Crippen molar-refractivity contribution in [1.82, 2.24) is 15.3 Å². The number of carbonyl (C=O) groups excluding carboxylic acids is 1. The monoisotopic (exact) mass is 380 g/mol. The summed E-state index contributed by atoms with van der Waals surface area (Å²) in [6.45, 7) is 6.12. The smallest absolute Gasteiger partial charge is 0.271 e. The molecule has 1 atom stereocenters. The summed E-state index contributed by atoms with van der Waals surface area (Å²) in [4.78, 5) is 20.7. The van der Waals surface area contributed by atoms with Crippen LogP contribution in [0.1, 0.15) is 54.9 Å². The highest BCUT2D eigenvalue weighted by atomic mass is 32.1. The number of hydrogen-bond donors (Lipinski definition) is 2. The van der Waals surface area contributed by atoms with Crippen LogP contribution in [0.15, 0.2) is 12.1 Å². The second-order valence-electron chi connectivity index (χ2n) is 6.68. The largest absolute Gasteiger partial charge is 0.347 e. The fourth-order valence-corrected chi connectivity index (χ4v) is 4.40. The van der Waals surface area contributed by atoms with Crippen LogP contribution in [0, 0.1) is 24.2 Å². The maximum absolute atomic E-state index is 13.2. The average Bonchev–Trinajstić information content (AvgIpc) is 2.92. The first-order valence-corrected chi connectivity index (χ1v) is 9.57. The van der Waals surface area contributed by atoms with Gasteiger partial charge in [-0.2, -0.15) is 13.8 Å². The number of carbonyl (C=O) groups is 1. The van der Waals surface area contributed by atoms with E-state index in [1.54, 1.807) is 6.92 Å². The van der Waals surface area contributed by atoms with E-state index in [1.807, 2.05) is 0 Å². The SMILES string of the molecule is CCC1(CC)CCC1NC(=O)c1nc(Nc2cc(F)nc(F)c2)sc1C. The highest BCUT2D eigenvalue weighted by Crippen LogP contribution is 2.46. The zero-order valence-corrected chi connectivity index (χ0v) is 15.8. The minimum Gasteiger partial charge on any atom is -0.347 e. The Kier molecular flexibility index (Phi) is 5.22. The van der Waals surface area contributed by atoms with Gasteiger partial charge in [-0.05, 0) is 38.0 Å². The highest BCUT2D eigenvalue weighted by Gasteiger charge is 2.44. The van der Waals surface area contributed by atoms with Gasteiger partial charge in [0.25, 0.3) is 5.91 Å². The molecule has 0 bridgehead atoms. The van der Waals surface area contributed by atoms with Crippen molar-refractivity contribution in [2.45, 2.75) is 52.5 Å². The number of anilines is 2. The summed E-state index contributed by atoms with van der Waals surface area (Å²) < 4.78 is 26.4. The molecule has 1 aliphatic rings. The van der Waals surface area contributed by atoms with Crippen LogP contribution in [0.2, 0.25) is 0 Å². The minimum atomic E-state index is -0.917. The second kappa shape index (κ2) is 7.26. The van der Waals surface area contributed by atoms with Gasteiger partial charge in [-0.1, -0.05) is 13.8 Å². The van der Waals surface area contributed by atoms with Crippen LogP contribution in [-0.2, 0) is 0 Å². The van der Waals surface area contributed by atoms with E-state index in [0.29, 0.717) is 10.8 Å². The predicted molar refractivity (Wildman–Crippen MR) is 97.8 cm³/mol. The van der Waals surface area contributed by atoms with Crippen LogP contribution >= 0.6 is 11.3 Å². The van der Waals surface area contributed by atoms with Gasteiger partial charge in [-0.15, -0.1) is 11.3 Å². The minimum absolute atomic E-state index is 0.172. The summed E-state index contributed by atoms with van der Waals surface area (Å²) in [5.74, 6) is -2.03. The summed E-state index contributed by atoms with van der Waals surface area (Å²) in [5, 5.41) is 6.34. The Labute approximate surface area is 155 Å². The van der Waals surface area contributed by atoms with Gasteiger partial charge in [0.05, 0.1) is 0 Å². The fourth-order valence-electron chi connectivity index (χ4n) is 3.57. The zero-order chi connectivity index (χ0) is 18.9. The first-order chi connectivity index (χ1) is 12.4. The predicted octanol–water partition coefficient (Wildman–Crippen LogP) is 4.57. The van der Waals surface area contributed by atoms with Crippen molar-refractivity contribution in [3.8, 4) is 0 Å². The van der Waals surface area contributed by atoms with Crippen LogP contribution in [-0.4, -0.2) is 21.9 Å². The molecule has 0 aliphatic heterocycles. The van der Waals surface area contributed by atoms with E-state index in [9.17, 15) is 13.6 Å². The second-order valence-corrected chi connectivity index (χ2v) is 7.89. The van der Waals surface area contributed by atoms with Gasteiger partial charge < -0.3 is 10.6 Å². The molecule has 0 aromatic carbocycles. The topological polar surface area (TPSA) is 66.9 Å². The Morgan fingerprint density at radius 3 is 2.46 bits per heavy atom. The van der Waals surface area contributed by atoms with Gasteiger partial charge in [0.1, 0.15) is 5.69 Å². The summed E-state index contributed by atoms with van der Waals surface area (Å²) in [5.41, 5.74) is 0.735. The van der Waals surface area contributed by atoms with Gasteiger partial charge in [-0.25, -0.2) is 4.98 Å². The number of nitrogens with one attached hydrogen (secondary N) is 2. The Balaban J connectivity index is 1.72. The van der Waals surface area contributed by atoms with E-state index < -0.39 is 11.9 Å². The molecule has 1 fully saturated rings. The Morgan fingerprint density at radius 1 is 1.27 bits per heavy atom. The van der Waals surface area contributed by atoms with E-state index >= 15 is 0 Å². The number of aromatic nitrogens is 2. The third-order valence-corrected chi connectivity index (χ3v) is 6.30. The fraction of sp³-hybridized carbons (Fsp3) is 0.500. The van der Waals surface area contributed by atoms with Gasteiger partial charge in [-0.3, -0.25) is 4.79 Å². The molecule has 0 saturated heterocycles. The maximum atomic E-state index is 13.2. The molecule has 2 N–H and O–H groups in total. The Morgan fingerprint density at radius 2 is 1.92 bits per heavy atom. The lowest BCUT2D eigenvalue weighted by Crippen LogP contribution is -2.54. The summed E-state index contributed by atoms with van der Waals surface area (Å²) in [6.07, 6.45) is 4.19. The molecule has 1 unspecified atom stereocenters. The molecule has 1 aliphatic carbocycles. The van der Waals surface area contributed by atoms with Crippen LogP contribution in [0.5, 0.6) is 0 Å². The molecule has 2 aromatic rings. The summed E-state index contributed by atoms with van der Waals surface area (Å²) >= 11 is 1.26. The van der Waals surface area contributed by atoms with Crippen molar-refractivity contribution >= 4 is 28.1 Å². The summed E-state index contributed by atoms with van der Waals surface area (Å²) in [6, 6.07) is 2.32. The normalized spacial score (nSPS) is 18.3. The van der Waals surface area contributed by atoms with E-state index in [0.717, 1.165) is 42.7 Å². The van der Waals surface area contributed by atoms with Crippen LogP contribution < -0.4 is 10.6 Å². The third-order valence-electron chi connectivity index (χ3n) is 5.41. The molecular formula is C18H22F2N4OS. The number of aryl methyl sites for hydroxylation is 1. The van der Waals surface area contributed by atoms with Crippen molar-refractivity contribution in [3.63, 3.8) is 0 Å². The quantitative estimate of drug-likeness (QED) is 0.721. The first-order valence-electron chi connectivity index (χ1n) is 8.75. The highest BCUT2D eigenvalue weighted by molar-refractivity contribution is 7.15. The van der Waals surface area contributed by atoms with Crippen LogP contribution in [0.4, 0.5) is 19.6 Å². The molecule has 3 rings (SSSR count). The van der Waals surface area contributed by atoms with Crippen molar-refractivity contribution < 1.29 is 13.6 Å². The zero-order valence-electron chi connectivity index (χ0n) is 15.0. The average molecular weight is 380 g/mol. The van der Waals surface area contributed by atoms with E-state index in [1.165, 1.54) is 11.3 Å². The molecule has 1 saturated carbocycles. The summed E-state index contributed by atoms with van der Waals surface area (Å²) in [7, 11) is 0. The molecule has 2 aromatic heterocycles. The number of nitrogens with zero attached hydrogens (tertiary/aromatic N) is 2. The molecule has 0 radical (unpaired) electrons. The Hall–Kier alpha value is -2.09.